The number of hydrogen-bond acceptors (Lipinski definition) is 3. The van der Waals surface area contributed by atoms with Crippen molar-refractivity contribution in [3.8, 4) is 0 Å². The van der Waals surface area contributed by atoms with Crippen molar-refractivity contribution >= 4 is 15.9 Å². The van der Waals surface area contributed by atoms with Crippen LogP contribution in [0.25, 0.3) is 0 Å². The molecule has 2 aromatic rings. The molecule has 0 spiro atoms. The van der Waals surface area contributed by atoms with Gasteiger partial charge in [0.1, 0.15) is 0 Å². The van der Waals surface area contributed by atoms with Gasteiger partial charge < -0.3 is 9.88 Å². The third kappa shape index (κ3) is 2.49. The van der Waals surface area contributed by atoms with Gasteiger partial charge in [-0.25, -0.2) is 4.98 Å². The van der Waals surface area contributed by atoms with Gasteiger partial charge in [0.25, 0.3) is 0 Å². The molecule has 5 nitrogen and oxygen atoms in total. The normalized spacial score (nSPS) is 12.9. The summed E-state index contributed by atoms with van der Waals surface area (Å²) in [6.07, 6.45) is 4.72. The van der Waals surface area contributed by atoms with Crippen molar-refractivity contribution in [3.05, 3.63) is 34.1 Å². The molecule has 0 radical (unpaired) electrons. The molecule has 0 amide bonds. The van der Waals surface area contributed by atoms with E-state index >= 15 is 0 Å². The number of rotatable bonds is 4. The summed E-state index contributed by atoms with van der Waals surface area (Å²) in [6.45, 7) is 2.00. The van der Waals surface area contributed by atoms with Crippen molar-refractivity contribution in [3.63, 3.8) is 0 Å². The minimum absolute atomic E-state index is 0.192. The molecule has 1 unspecified atom stereocenters. The molecular formula is C12H18BrN5. The largest absolute Gasteiger partial charge is 0.340 e. The van der Waals surface area contributed by atoms with Crippen LogP contribution in [0.4, 0.5) is 0 Å². The second kappa shape index (κ2) is 5.24. The van der Waals surface area contributed by atoms with Gasteiger partial charge in [0.15, 0.2) is 0 Å². The highest BCUT2D eigenvalue weighted by molar-refractivity contribution is 9.10. The van der Waals surface area contributed by atoms with Crippen LogP contribution in [-0.4, -0.2) is 26.4 Å². The molecule has 2 rings (SSSR count). The van der Waals surface area contributed by atoms with E-state index < -0.39 is 0 Å². The zero-order valence-corrected chi connectivity index (χ0v) is 12.7. The average molecular weight is 312 g/mol. The molecule has 0 saturated heterocycles. The van der Waals surface area contributed by atoms with Gasteiger partial charge in [0.05, 0.1) is 33.9 Å². The molecule has 18 heavy (non-hydrogen) atoms. The Balaban J connectivity index is 2.25. The highest BCUT2D eigenvalue weighted by Gasteiger charge is 2.18. The average Bonchev–Trinajstić information content (AvgIpc) is 2.84. The van der Waals surface area contributed by atoms with Gasteiger partial charge in [-0.3, -0.25) is 4.68 Å². The first-order valence-corrected chi connectivity index (χ1v) is 6.65. The molecule has 0 aliphatic carbocycles. The summed E-state index contributed by atoms with van der Waals surface area (Å²) in [5.74, 6) is 0. The number of likely N-dealkylation sites (N-methyl/N-ethyl adjacent to an activating group) is 1. The van der Waals surface area contributed by atoms with Crippen LogP contribution in [0.5, 0.6) is 0 Å². The van der Waals surface area contributed by atoms with Crippen LogP contribution in [0, 0.1) is 6.92 Å². The van der Waals surface area contributed by atoms with Crippen molar-refractivity contribution in [1.29, 1.82) is 0 Å². The maximum Gasteiger partial charge on any atom is 0.0947 e. The van der Waals surface area contributed by atoms with Gasteiger partial charge in [0.2, 0.25) is 0 Å². The smallest absolute Gasteiger partial charge is 0.0947 e. The molecule has 0 fully saturated rings. The van der Waals surface area contributed by atoms with Crippen molar-refractivity contribution in [2.75, 3.05) is 7.05 Å². The predicted octanol–water partition coefficient (Wildman–Crippen LogP) is 1.73. The molecule has 2 aromatic heterocycles. The second-order valence-electron chi connectivity index (χ2n) is 4.48. The van der Waals surface area contributed by atoms with E-state index in [2.05, 4.69) is 31.3 Å². The SMILES string of the molecule is CNC(Cc1c(Br)c(C)nn1C)c1cn(C)cn1. The Hall–Kier alpha value is -1.14. The zero-order valence-electron chi connectivity index (χ0n) is 11.1. The van der Waals surface area contributed by atoms with E-state index in [-0.39, 0.29) is 6.04 Å². The summed E-state index contributed by atoms with van der Waals surface area (Å²) in [4.78, 5) is 4.40. The zero-order chi connectivity index (χ0) is 13.3. The standard InChI is InChI=1S/C12H18BrN5/c1-8-12(13)11(18(4)16-8)5-9(14-2)10-6-17(3)7-15-10/h6-7,9,14H,5H2,1-4H3. The second-order valence-corrected chi connectivity index (χ2v) is 5.27. The highest BCUT2D eigenvalue weighted by Crippen LogP contribution is 2.25. The molecule has 0 aliphatic rings. The summed E-state index contributed by atoms with van der Waals surface area (Å²) in [5, 5.41) is 7.72. The van der Waals surface area contributed by atoms with E-state index in [1.807, 2.05) is 49.8 Å². The molecule has 6 heteroatoms. The van der Waals surface area contributed by atoms with Crippen molar-refractivity contribution in [1.82, 2.24) is 24.6 Å². The van der Waals surface area contributed by atoms with Crippen LogP contribution in [0.3, 0.4) is 0 Å². The van der Waals surface area contributed by atoms with Crippen LogP contribution in [0.1, 0.15) is 23.1 Å². The van der Waals surface area contributed by atoms with Crippen molar-refractivity contribution in [2.24, 2.45) is 14.1 Å². The van der Waals surface area contributed by atoms with Crippen LogP contribution < -0.4 is 5.32 Å². The van der Waals surface area contributed by atoms with Gasteiger partial charge >= 0.3 is 0 Å². The lowest BCUT2D eigenvalue weighted by Gasteiger charge is -2.14. The van der Waals surface area contributed by atoms with E-state index in [1.165, 1.54) is 5.69 Å². The molecule has 0 bridgehead atoms. The maximum absolute atomic E-state index is 4.41. The number of nitrogens with zero attached hydrogens (tertiary/aromatic N) is 4. The van der Waals surface area contributed by atoms with Gasteiger partial charge in [-0.1, -0.05) is 0 Å². The molecule has 0 saturated carbocycles. The molecule has 1 atom stereocenters. The summed E-state index contributed by atoms with van der Waals surface area (Å²) in [6, 6.07) is 0.192. The van der Waals surface area contributed by atoms with Gasteiger partial charge in [0, 0.05) is 26.7 Å². The molecule has 0 aliphatic heterocycles. The fourth-order valence-corrected chi connectivity index (χ4v) is 2.56. The lowest BCUT2D eigenvalue weighted by atomic mass is 10.1. The van der Waals surface area contributed by atoms with Gasteiger partial charge in [-0.2, -0.15) is 5.10 Å². The Morgan fingerprint density at radius 3 is 2.61 bits per heavy atom. The van der Waals surface area contributed by atoms with Crippen LogP contribution >= 0.6 is 15.9 Å². The van der Waals surface area contributed by atoms with E-state index in [4.69, 9.17) is 0 Å². The Morgan fingerprint density at radius 1 is 1.44 bits per heavy atom. The van der Waals surface area contributed by atoms with Gasteiger partial charge in [-0.15, -0.1) is 0 Å². The Kier molecular flexibility index (Phi) is 3.87. The van der Waals surface area contributed by atoms with E-state index in [9.17, 15) is 0 Å². The Morgan fingerprint density at radius 2 is 2.17 bits per heavy atom. The van der Waals surface area contributed by atoms with Crippen LogP contribution in [0.2, 0.25) is 0 Å². The fraction of sp³-hybridized carbons (Fsp3) is 0.500. The quantitative estimate of drug-likeness (QED) is 0.935. The summed E-state index contributed by atoms with van der Waals surface area (Å²) < 4.78 is 4.97. The molecule has 0 aromatic carbocycles. The van der Waals surface area contributed by atoms with Crippen LogP contribution in [-0.2, 0) is 20.5 Å². The highest BCUT2D eigenvalue weighted by atomic mass is 79.9. The number of halogens is 1. The molecular weight excluding hydrogens is 294 g/mol. The third-order valence-corrected chi connectivity index (χ3v) is 4.12. The minimum atomic E-state index is 0.192. The molecule has 1 N–H and O–H groups in total. The Bertz CT molecular complexity index is 543. The van der Waals surface area contributed by atoms with E-state index in [1.54, 1.807) is 0 Å². The number of imidazole rings is 1. The van der Waals surface area contributed by atoms with E-state index in [0.717, 1.165) is 22.3 Å². The number of hydrogen-bond donors (Lipinski definition) is 1. The van der Waals surface area contributed by atoms with E-state index in [0.29, 0.717) is 0 Å². The van der Waals surface area contributed by atoms with Gasteiger partial charge in [-0.05, 0) is 29.9 Å². The summed E-state index contributed by atoms with van der Waals surface area (Å²) >= 11 is 3.60. The van der Waals surface area contributed by atoms with Crippen molar-refractivity contribution < 1.29 is 0 Å². The van der Waals surface area contributed by atoms with Crippen LogP contribution in [0.15, 0.2) is 17.0 Å². The number of nitrogens with one attached hydrogen (secondary N) is 1. The topological polar surface area (TPSA) is 47.7 Å². The third-order valence-electron chi connectivity index (χ3n) is 3.09. The first-order chi connectivity index (χ1) is 8.52. The van der Waals surface area contributed by atoms with Crippen molar-refractivity contribution in [2.45, 2.75) is 19.4 Å². The number of aryl methyl sites for hydroxylation is 3. The predicted molar refractivity (Wildman–Crippen MR) is 74.4 cm³/mol. The number of aromatic nitrogens is 4. The first-order valence-electron chi connectivity index (χ1n) is 5.86. The molecule has 2 heterocycles. The maximum atomic E-state index is 4.41. The summed E-state index contributed by atoms with van der Waals surface area (Å²) in [7, 11) is 5.90. The molecule has 98 valence electrons. The fourth-order valence-electron chi connectivity index (χ4n) is 2.06. The first kappa shape index (κ1) is 13.3. The lowest BCUT2D eigenvalue weighted by molar-refractivity contribution is 0.549. The monoisotopic (exact) mass is 311 g/mol. The minimum Gasteiger partial charge on any atom is -0.340 e. The Labute approximate surface area is 115 Å². The lowest BCUT2D eigenvalue weighted by Crippen LogP contribution is -2.20. The summed E-state index contributed by atoms with van der Waals surface area (Å²) in [5.41, 5.74) is 3.24.